The fourth-order valence-corrected chi connectivity index (χ4v) is 4.15. The van der Waals surface area contributed by atoms with E-state index in [1.807, 2.05) is 6.07 Å². The van der Waals surface area contributed by atoms with Crippen LogP contribution in [-0.4, -0.2) is 25.4 Å². The molecule has 0 bridgehead atoms. The summed E-state index contributed by atoms with van der Waals surface area (Å²) >= 11 is 0. The molecule has 0 aromatic heterocycles. The van der Waals surface area contributed by atoms with Crippen molar-refractivity contribution < 1.29 is 23.1 Å². The van der Waals surface area contributed by atoms with Gasteiger partial charge >= 0.3 is 5.97 Å². The van der Waals surface area contributed by atoms with Gasteiger partial charge in [0.05, 0.1) is 11.5 Å². The summed E-state index contributed by atoms with van der Waals surface area (Å²) in [6, 6.07) is 15.8. The van der Waals surface area contributed by atoms with E-state index >= 15 is 0 Å². The largest absolute Gasteiger partial charge is 0.481 e. The van der Waals surface area contributed by atoms with Crippen LogP contribution in [0.3, 0.4) is 0 Å². The number of carbonyl (C=O) groups is 2. The Kier molecular flexibility index (Phi) is 7.55. The van der Waals surface area contributed by atoms with E-state index in [1.54, 1.807) is 48.5 Å². The van der Waals surface area contributed by atoms with Crippen LogP contribution in [-0.2, 0) is 30.9 Å². The summed E-state index contributed by atoms with van der Waals surface area (Å²) in [6.45, 7) is 0. The molecule has 27 heavy (non-hydrogen) atoms. The molecule has 0 atom stereocenters. The topological polar surface area (TPSA) is 101 Å². The summed E-state index contributed by atoms with van der Waals surface area (Å²) < 4.78 is 24.8. The first-order chi connectivity index (χ1) is 12.8. The Labute approximate surface area is 159 Å². The average Bonchev–Trinajstić information content (AvgIpc) is 2.59. The Morgan fingerprint density at radius 3 is 2.19 bits per heavy atom. The number of rotatable bonds is 10. The monoisotopic (exact) mass is 389 g/mol. The molecule has 0 aliphatic rings. The molecule has 1 amide bonds. The Hall–Kier alpha value is -2.67. The zero-order valence-corrected chi connectivity index (χ0v) is 15.7. The minimum Gasteiger partial charge on any atom is -0.481 e. The second kappa shape index (κ2) is 9.87. The molecule has 2 aromatic rings. The van der Waals surface area contributed by atoms with Gasteiger partial charge in [0.2, 0.25) is 5.91 Å². The van der Waals surface area contributed by atoms with Gasteiger partial charge in [-0.15, -0.1) is 0 Å². The lowest BCUT2D eigenvalue weighted by Crippen LogP contribution is -2.12. The molecule has 144 valence electrons. The number of aliphatic carboxylic acids is 1. The smallest absolute Gasteiger partial charge is 0.303 e. The highest BCUT2D eigenvalue weighted by molar-refractivity contribution is 7.89. The van der Waals surface area contributed by atoms with E-state index < -0.39 is 15.8 Å². The van der Waals surface area contributed by atoms with Gasteiger partial charge < -0.3 is 10.4 Å². The molecule has 0 spiro atoms. The van der Waals surface area contributed by atoms with Gasteiger partial charge in [0, 0.05) is 18.5 Å². The van der Waals surface area contributed by atoms with Crippen LogP contribution in [0.15, 0.2) is 54.6 Å². The number of sulfone groups is 1. The first-order valence-electron chi connectivity index (χ1n) is 8.69. The van der Waals surface area contributed by atoms with Crippen molar-refractivity contribution in [2.24, 2.45) is 0 Å². The molecule has 0 unspecified atom stereocenters. The van der Waals surface area contributed by atoms with Gasteiger partial charge in [0.25, 0.3) is 0 Å². The van der Waals surface area contributed by atoms with Crippen molar-refractivity contribution in [3.63, 3.8) is 0 Å². The molecule has 0 aliphatic heterocycles. The Bertz CT molecular complexity index is 878. The number of carbonyl (C=O) groups excluding carboxylic acids is 1. The zero-order chi connectivity index (χ0) is 19.7. The van der Waals surface area contributed by atoms with Crippen LogP contribution < -0.4 is 5.32 Å². The Balaban J connectivity index is 1.90. The summed E-state index contributed by atoms with van der Waals surface area (Å²) in [5, 5.41) is 11.3. The molecular formula is C20H23NO5S. The summed E-state index contributed by atoms with van der Waals surface area (Å²) in [6.07, 6.45) is 1.20. The van der Waals surface area contributed by atoms with Gasteiger partial charge in [-0.1, -0.05) is 42.5 Å². The molecular weight excluding hydrogens is 366 g/mol. The number of unbranched alkanes of at least 4 members (excludes halogenated alkanes) is 1. The average molecular weight is 389 g/mol. The fourth-order valence-electron chi connectivity index (χ4n) is 2.66. The highest BCUT2D eigenvalue weighted by Gasteiger charge is 2.14. The number of nitrogens with one attached hydrogen (secondary N) is 1. The van der Waals surface area contributed by atoms with Gasteiger partial charge in [-0.2, -0.15) is 0 Å². The van der Waals surface area contributed by atoms with Gasteiger partial charge in [-0.05, 0) is 36.1 Å². The number of hydrogen-bond donors (Lipinski definition) is 2. The molecule has 6 nitrogen and oxygen atoms in total. The normalized spacial score (nSPS) is 11.1. The van der Waals surface area contributed by atoms with E-state index in [9.17, 15) is 18.0 Å². The highest BCUT2D eigenvalue weighted by Crippen LogP contribution is 2.17. The Morgan fingerprint density at radius 2 is 1.48 bits per heavy atom. The maximum Gasteiger partial charge on any atom is 0.303 e. The predicted molar refractivity (Wildman–Crippen MR) is 104 cm³/mol. The molecule has 2 N–H and O–H groups in total. The zero-order valence-electron chi connectivity index (χ0n) is 14.9. The van der Waals surface area contributed by atoms with Crippen LogP contribution in [0.1, 0.15) is 36.8 Å². The molecule has 0 heterocycles. The predicted octanol–water partition coefficient (Wildman–Crippen LogP) is 3.39. The quantitative estimate of drug-likeness (QED) is 0.607. The van der Waals surface area contributed by atoms with Gasteiger partial charge in [-0.3, -0.25) is 9.59 Å². The fraction of sp³-hybridized carbons (Fsp3) is 0.300. The van der Waals surface area contributed by atoms with Crippen molar-refractivity contribution in [3.05, 3.63) is 65.7 Å². The standard InChI is InChI=1S/C20H23NO5S/c22-19(11-4-5-12-20(23)24)21-18-10-6-9-17(13-18)15-27(25,26)14-16-7-2-1-3-8-16/h1-3,6-10,13H,4-5,11-12,14-15H2,(H,21,22)(H,23,24). The number of benzene rings is 2. The van der Waals surface area contributed by atoms with Crippen LogP contribution in [0.2, 0.25) is 0 Å². The maximum atomic E-state index is 12.4. The number of hydrogen-bond acceptors (Lipinski definition) is 4. The van der Waals surface area contributed by atoms with Crippen molar-refractivity contribution in [1.82, 2.24) is 0 Å². The lowest BCUT2D eigenvalue weighted by Gasteiger charge is -2.08. The minimum absolute atomic E-state index is 0.0337. The van der Waals surface area contributed by atoms with Crippen molar-refractivity contribution in [3.8, 4) is 0 Å². The molecule has 0 saturated carbocycles. The molecule has 2 aromatic carbocycles. The third-order valence-electron chi connectivity index (χ3n) is 3.87. The van der Waals surface area contributed by atoms with Crippen molar-refractivity contribution in [2.45, 2.75) is 37.2 Å². The highest BCUT2D eigenvalue weighted by atomic mass is 32.2. The minimum atomic E-state index is -3.33. The van der Waals surface area contributed by atoms with E-state index in [0.717, 1.165) is 5.56 Å². The van der Waals surface area contributed by atoms with E-state index in [2.05, 4.69) is 5.32 Å². The number of carboxylic acids is 1. The van der Waals surface area contributed by atoms with E-state index in [4.69, 9.17) is 5.11 Å². The van der Waals surface area contributed by atoms with E-state index in [0.29, 0.717) is 24.1 Å². The van der Waals surface area contributed by atoms with Crippen molar-refractivity contribution in [1.29, 1.82) is 0 Å². The lowest BCUT2D eigenvalue weighted by atomic mass is 10.2. The second-order valence-electron chi connectivity index (χ2n) is 6.37. The maximum absolute atomic E-state index is 12.4. The molecule has 0 fully saturated rings. The lowest BCUT2D eigenvalue weighted by molar-refractivity contribution is -0.137. The number of amides is 1. The summed E-state index contributed by atoms with van der Waals surface area (Å²) in [5.74, 6) is -1.23. The number of anilines is 1. The van der Waals surface area contributed by atoms with Gasteiger partial charge in [0.15, 0.2) is 9.84 Å². The summed E-state index contributed by atoms with van der Waals surface area (Å²) in [4.78, 5) is 22.4. The Morgan fingerprint density at radius 1 is 0.852 bits per heavy atom. The first kappa shape index (κ1) is 20.6. The van der Waals surface area contributed by atoms with Gasteiger partial charge in [-0.25, -0.2) is 8.42 Å². The third kappa shape index (κ3) is 8.04. The van der Waals surface area contributed by atoms with E-state index in [1.165, 1.54) is 0 Å². The summed E-state index contributed by atoms with van der Waals surface area (Å²) in [5.41, 5.74) is 1.88. The molecule has 0 radical (unpaired) electrons. The second-order valence-corrected chi connectivity index (χ2v) is 8.43. The van der Waals surface area contributed by atoms with E-state index in [-0.39, 0.29) is 30.3 Å². The first-order valence-corrected chi connectivity index (χ1v) is 10.5. The molecule has 7 heteroatoms. The SMILES string of the molecule is O=C(O)CCCCC(=O)Nc1cccc(CS(=O)(=O)Cc2ccccc2)c1. The molecule has 0 saturated heterocycles. The van der Waals surface area contributed by atoms with Crippen molar-refractivity contribution in [2.75, 3.05) is 5.32 Å². The van der Waals surface area contributed by atoms with Crippen LogP contribution in [0.25, 0.3) is 0 Å². The molecule has 2 rings (SSSR count). The van der Waals surface area contributed by atoms with Crippen LogP contribution in [0.5, 0.6) is 0 Å². The summed E-state index contributed by atoms with van der Waals surface area (Å²) in [7, 11) is -3.33. The van der Waals surface area contributed by atoms with Crippen molar-refractivity contribution >= 4 is 27.4 Å². The third-order valence-corrected chi connectivity index (χ3v) is 5.42. The van der Waals surface area contributed by atoms with Crippen LogP contribution >= 0.6 is 0 Å². The van der Waals surface area contributed by atoms with Crippen LogP contribution in [0, 0.1) is 0 Å². The van der Waals surface area contributed by atoms with Crippen LogP contribution in [0.4, 0.5) is 5.69 Å². The number of carboxylic acid groups (broad SMARTS) is 1. The van der Waals surface area contributed by atoms with Gasteiger partial charge in [0.1, 0.15) is 0 Å². The molecule has 0 aliphatic carbocycles.